The number of benzene rings is 1. The molecule has 1 aliphatic carbocycles. The van der Waals surface area contributed by atoms with E-state index < -0.39 is 14.8 Å². The highest BCUT2D eigenvalue weighted by atomic mass is 35.5. The van der Waals surface area contributed by atoms with Gasteiger partial charge < -0.3 is 4.90 Å². The van der Waals surface area contributed by atoms with Crippen LogP contribution in [0.2, 0.25) is 10.0 Å². The van der Waals surface area contributed by atoms with Crippen molar-refractivity contribution in [2.24, 2.45) is 5.41 Å². The minimum Gasteiger partial charge on any atom is -0.342 e. The van der Waals surface area contributed by atoms with E-state index in [4.69, 9.17) is 28.2 Å². The van der Waals surface area contributed by atoms with E-state index in [9.17, 15) is 8.42 Å². The Hall–Kier alpha value is -1.87. The number of halogens is 2. The van der Waals surface area contributed by atoms with Gasteiger partial charge in [0.25, 0.3) is 0 Å². The van der Waals surface area contributed by atoms with Gasteiger partial charge >= 0.3 is 0 Å². The van der Waals surface area contributed by atoms with Crippen LogP contribution < -0.4 is 9.62 Å². The number of nitrogens with zero attached hydrogens (tertiary/aromatic N) is 4. The molecular formula is C26H33Cl2N5O2S. The van der Waals surface area contributed by atoms with Gasteiger partial charge in [0.1, 0.15) is 5.65 Å². The van der Waals surface area contributed by atoms with Crippen LogP contribution in [0.4, 0.5) is 5.95 Å². The quantitative estimate of drug-likeness (QED) is 0.440. The number of aromatic nitrogens is 3. The number of nitrogens with one attached hydrogen (secondary N) is 1. The molecule has 10 heteroatoms. The Labute approximate surface area is 223 Å². The number of aryl methyl sites for hydroxylation is 1. The van der Waals surface area contributed by atoms with Gasteiger partial charge in [-0.15, -0.1) is 0 Å². The summed E-state index contributed by atoms with van der Waals surface area (Å²) in [4.78, 5) is 11.9. The fraction of sp³-hybridized carbons (Fsp3) is 0.538. The van der Waals surface area contributed by atoms with Gasteiger partial charge in [0.15, 0.2) is 0 Å². The van der Waals surface area contributed by atoms with Gasteiger partial charge in [0.2, 0.25) is 16.0 Å². The van der Waals surface area contributed by atoms with E-state index in [0.717, 1.165) is 73.6 Å². The Morgan fingerprint density at radius 3 is 2.56 bits per heavy atom. The van der Waals surface area contributed by atoms with Crippen molar-refractivity contribution >= 4 is 44.8 Å². The Bertz CT molecular complexity index is 1410. The van der Waals surface area contributed by atoms with Gasteiger partial charge in [-0.25, -0.2) is 23.1 Å². The van der Waals surface area contributed by atoms with Crippen molar-refractivity contribution in [3.63, 3.8) is 0 Å². The van der Waals surface area contributed by atoms with Crippen LogP contribution in [0.5, 0.6) is 0 Å². The number of hydrogen-bond donors (Lipinski definition) is 1. The summed E-state index contributed by atoms with van der Waals surface area (Å²) in [7, 11) is -3.40. The monoisotopic (exact) mass is 549 g/mol. The van der Waals surface area contributed by atoms with Crippen molar-refractivity contribution < 1.29 is 8.42 Å². The molecule has 0 amide bonds. The molecule has 1 aliphatic heterocycles. The summed E-state index contributed by atoms with van der Waals surface area (Å²) < 4.78 is 30.1. The third-order valence-corrected chi connectivity index (χ3v) is 11.0. The van der Waals surface area contributed by atoms with E-state index in [1.807, 2.05) is 29.7 Å². The molecule has 3 heterocycles. The van der Waals surface area contributed by atoms with E-state index >= 15 is 0 Å². The van der Waals surface area contributed by atoms with E-state index in [0.29, 0.717) is 10.0 Å². The van der Waals surface area contributed by atoms with E-state index in [1.54, 1.807) is 33.0 Å². The van der Waals surface area contributed by atoms with Crippen molar-refractivity contribution in [1.82, 2.24) is 19.1 Å². The lowest BCUT2D eigenvalue weighted by Crippen LogP contribution is -2.53. The number of piperidine rings is 1. The largest absolute Gasteiger partial charge is 0.342 e. The molecule has 1 aromatic carbocycles. The second-order valence-electron chi connectivity index (χ2n) is 11.1. The molecule has 0 unspecified atom stereocenters. The van der Waals surface area contributed by atoms with Crippen LogP contribution in [-0.2, 0) is 10.0 Å². The fourth-order valence-electron chi connectivity index (χ4n) is 5.74. The SMILES string of the molecule is Cc1nc(N2CCC3(CCC[C@H]3NS(=O)(=O)C(C)(C)C)CC2)n2ccnc2c1-c1cccc(Cl)c1Cl. The molecule has 3 aromatic rings. The van der Waals surface area contributed by atoms with Crippen molar-refractivity contribution in [3.05, 3.63) is 46.3 Å². The van der Waals surface area contributed by atoms with Gasteiger partial charge in [0.05, 0.1) is 20.5 Å². The zero-order valence-electron chi connectivity index (χ0n) is 21.2. The van der Waals surface area contributed by atoms with E-state index in [-0.39, 0.29) is 11.5 Å². The summed E-state index contributed by atoms with van der Waals surface area (Å²) in [6.07, 6.45) is 8.55. The second kappa shape index (κ2) is 9.15. The Morgan fingerprint density at radius 2 is 1.86 bits per heavy atom. The molecule has 1 spiro atoms. The number of hydrogen-bond acceptors (Lipinski definition) is 5. The molecule has 5 rings (SSSR count). The first kappa shape index (κ1) is 25.8. The van der Waals surface area contributed by atoms with E-state index in [1.165, 1.54) is 0 Å². The van der Waals surface area contributed by atoms with E-state index in [2.05, 4.69) is 14.6 Å². The molecular weight excluding hydrogens is 517 g/mol. The highest BCUT2D eigenvalue weighted by Gasteiger charge is 2.47. The van der Waals surface area contributed by atoms with Crippen LogP contribution in [0.15, 0.2) is 30.6 Å². The smallest absolute Gasteiger partial charge is 0.216 e. The molecule has 1 saturated carbocycles. The Morgan fingerprint density at radius 1 is 1.14 bits per heavy atom. The number of rotatable bonds is 4. The first-order valence-corrected chi connectivity index (χ1v) is 14.7. The number of imidazole rings is 1. The molecule has 2 aliphatic rings. The highest BCUT2D eigenvalue weighted by Crippen LogP contribution is 2.48. The predicted molar refractivity (Wildman–Crippen MR) is 147 cm³/mol. The van der Waals surface area contributed by atoms with Gasteiger partial charge in [-0.05, 0) is 64.9 Å². The molecule has 1 N–H and O–H groups in total. The maximum absolute atomic E-state index is 12.9. The summed E-state index contributed by atoms with van der Waals surface area (Å²) in [5.74, 6) is 0.849. The summed E-state index contributed by atoms with van der Waals surface area (Å²) in [5, 5.41) is 0.989. The Balaban J connectivity index is 1.43. The molecule has 36 heavy (non-hydrogen) atoms. The lowest BCUT2D eigenvalue weighted by Gasteiger charge is -2.44. The van der Waals surface area contributed by atoms with Crippen LogP contribution in [0.1, 0.15) is 58.6 Å². The third kappa shape index (κ3) is 4.30. The fourth-order valence-corrected chi connectivity index (χ4v) is 7.23. The molecule has 1 saturated heterocycles. The lowest BCUT2D eigenvalue weighted by molar-refractivity contribution is 0.186. The first-order valence-electron chi connectivity index (χ1n) is 12.5. The van der Waals surface area contributed by atoms with Crippen molar-refractivity contribution in [3.8, 4) is 11.1 Å². The topological polar surface area (TPSA) is 79.6 Å². The summed E-state index contributed by atoms with van der Waals surface area (Å²) in [5.41, 5.74) is 3.31. The molecule has 1 atom stereocenters. The van der Waals surface area contributed by atoms with Gasteiger partial charge in [-0.2, -0.15) is 0 Å². The Kier molecular flexibility index (Phi) is 6.55. The van der Waals surface area contributed by atoms with Gasteiger partial charge in [-0.3, -0.25) is 4.40 Å². The second-order valence-corrected chi connectivity index (χ2v) is 14.4. The zero-order chi connectivity index (χ0) is 25.9. The molecule has 0 bridgehead atoms. The van der Waals surface area contributed by atoms with Crippen molar-refractivity contribution in [1.29, 1.82) is 0 Å². The van der Waals surface area contributed by atoms with Crippen LogP contribution in [0.3, 0.4) is 0 Å². The van der Waals surface area contributed by atoms with Crippen LogP contribution in [-0.4, -0.2) is 46.7 Å². The van der Waals surface area contributed by atoms with Crippen LogP contribution >= 0.6 is 23.2 Å². The standard InChI is InChI=1S/C26H33Cl2N5O2S/c1-17-21(18-7-5-8-19(27)22(18)28)23-29-13-16-33(23)24(30-17)32-14-11-26(12-15-32)10-6-9-20(26)31-36(34,35)25(2,3)4/h5,7-8,13,16,20,31H,6,9-12,14-15H2,1-4H3/t20-/m1/s1. The maximum Gasteiger partial charge on any atom is 0.216 e. The van der Waals surface area contributed by atoms with Crippen molar-refractivity contribution in [2.75, 3.05) is 18.0 Å². The summed E-state index contributed by atoms with van der Waals surface area (Å²) in [6.45, 7) is 8.86. The summed E-state index contributed by atoms with van der Waals surface area (Å²) >= 11 is 12.9. The number of anilines is 1. The highest BCUT2D eigenvalue weighted by molar-refractivity contribution is 7.90. The minimum atomic E-state index is -3.40. The normalized spacial score (nSPS) is 20.5. The molecule has 0 radical (unpaired) electrons. The average Bonchev–Trinajstić information content (AvgIpc) is 3.43. The van der Waals surface area contributed by atoms with Crippen LogP contribution in [0, 0.1) is 12.3 Å². The zero-order valence-corrected chi connectivity index (χ0v) is 23.5. The van der Waals surface area contributed by atoms with Gasteiger partial charge in [-0.1, -0.05) is 41.8 Å². The molecule has 7 nitrogen and oxygen atoms in total. The lowest BCUT2D eigenvalue weighted by atomic mass is 9.74. The van der Waals surface area contributed by atoms with Crippen LogP contribution in [0.25, 0.3) is 16.8 Å². The third-order valence-electron chi connectivity index (χ3n) is 7.98. The molecule has 2 aromatic heterocycles. The molecule has 2 fully saturated rings. The molecule has 194 valence electrons. The first-order chi connectivity index (χ1) is 16.9. The number of sulfonamides is 1. The van der Waals surface area contributed by atoms with Crippen molar-refractivity contribution in [2.45, 2.75) is 70.6 Å². The summed E-state index contributed by atoms with van der Waals surface area (Å²) in [6, 6.07) is 5.58. The number of fused-ring (bicyclic) bond motifs is 1. The predicted octanol–water partition coefficient (Wildman–Crippen LogP) is 5.87. The minimum absolute atomic E-state index is 0.00777. The van der Waals surface area contributed by atoms with Gasteiger partial charge in [0, 0.05) is 42.7 Å². The maximum atomic E-state index is 12.9. The average molecular weight is 551 g/mol.